The molecule has 0 saturated heterocycles. The van der Waals surface area contributed by atoms with Gasteiger partial charge < -0.3 is 14.2 Å². The van der Waals surface area contributed by atoms with Crippen LogP contribution in [-0.2, 0) is 28.6 Å². The maximum Gasteiger partial charge on any atom is 0.306 e. The van der Waals surface area contributed by atoms with Crippen LogP contribution >= 0.6 is 0 Å². The number of hydrogen-bond donors (Lipinski definition) is 0. The van der Waals surface area contributed by atoms with Crippen molar-refractivity contribution in [1.82, 2.24) is 0 Å². The maximum atomic E-state index is 12.9. The summed E-state index contributed by atoms with van der Waals surface area (Å²) in [6.45, 7) is 6.68. The summed E-state index contributed by atoms with van der Waals surface area (Å²) in [7, 11) is 0. The van der Waals surface area contributed by atoms with E-state index < -0.39 is 6.10 Å². The van der Waals surface area contributed by atoms with Crippen molar-refractivity contribution in [2.45, 2.75) is 341 Å². The highest BCUT2D eigenvalue weighted by atomic mass is 16.6. The summed E-state index contributed by atoms with van der Waals surface area (Å²) in [6, 6.07) is 0. The van der Waals surface area contributed by atoms with Gasteiger partial charge in [-0.15, -0.1) is 0 Å². The van der Waals surface area contributed by atoms with Crippen molar-refractivity contribution in [3.8, 4) is 0 Å². The van der Waals surface area contributed by atoms with Crippen LogP contribution in [0.25, 0.3) is 0 Å². The minimum atomic E-state index is -0.773. The van der Waals surface area contributed by atoms with Gasteiger partial charge in [0, 0.05) is 19.3 Å². The Hall–Kier alpha value is -2.11. The van der Waals surface area contributed by atoms with Gasteiger partial charge in [0.2, 0.25) is 0 Å². The van der Waals surface area contributed by atoms with E-state index in [0.29, 0.717) is 19.3 Å². The van der Waals surface area contributed by atoms with Gasteiger partial charge in [-0.3, -0.25) is 14.4 Å². The number of hydrogen-bond acceptors (Lipinski definition) is 6. The zero-order chi connectivity index (χ0) is 49.3. The second-order valence-electron chi connectivity index (χ2n) is 20.6. The molecule has 0 N–H and O–H groups in total. The Kier molecular flexibility index (Phi) is 55.7. The van der Waals surface area contributed by atoms with Gasteiger partial charge in [-0.1, -0.05) is 270 Å². The number of rotatable bonds is 56. The molecule has 6 heteroatoms. The van der Waals surface area contributed by atoms with Crippen molar-refractivity contribution in [2.24, 2.45) is 0 Å². The molecular formula is C62H116O6. The van der Waals surface area contributed by atoms with Crippen LogP contribution in [-0.4, -0.2) is 37.2 Å². The second-order valence-corrected chi connectivity index (χ2v) is 20.6. The van der Waals surface area contributed by atoms with Crippen molar-refractivity contribution in [3.63, 3.8) is 0 Å². The minimum absolute atomic E-state index is 0.0710. The lowest BCUT2D eigenvalue weighted by molar-refractivity contribution is -0.167. The quantitative estimate of drug-likeness (QED) is 0.0262. The summed E-state index contributed by atoms with van der Waals surface area (Å²) in [5.74, 6) is -0.861. The summed E-state index contributed by atoms with van der Waals surface area (Å²) >= 11 is 0. The van der Waals surface area contributed by atoms with Crippen molar-refractivity contribution in [1.29, 1.82) is 0 Å². The number of carbonyl (C=O) groups is 3. The molecule has 0 saturated carbocycles. The average molecular weight is 958 g/mol. The molecular weight excluding hydrogens is 841 g/mol. The predicted octanol–water partition coefficient (Wildman–Crippen LogP) is 20.3. The number of esters is 3. The van der Waals surface area contributed by atoms with E-state index in [2.05, 4.69) is 45.1 Å². The molecule has 0 amide bonds. The van der Waals surface area contributed by atoms with E-state index in [0.717, 1.165) is 64.2 Å². The van der Waals surface area contributed by atoms with Crippen LogP contribution in [0.15, 0.2) is 24.3 Å². The molecule has 0 aromatic heterocycles. The zero-order valence-corrected chi connectivity index (χ0v) is 45.9. The Morgan fingerprint density at radius 1 is 0.279 bits per heavy atom. The normalized spacial score (nSPS) is 12.1. The van der Waals surface area contributed by atoms with Crippen LogP contribution in [0.2, 0.25) is 0 Å². The SMILES string of the molecule is CCCCCCCC/C=C\CCCCCCCCCC(=O)OC(COC(=O)CCCCCCC/C=C\CCCCCCCCCCC)COC(=O)CCCCCCCCCCCCCCCCC. The highest BCUT2D eigenvalue weighted by molar-refractivity contribution is 5.71. The van der Waals surface area contributed by atoms with Gasteiger partial charge >= 0.3 is 17.9 Å². The topological polar surface area (TPSA) is 78.9 Å². The van der Waals surface area contributed by atoms with Crippen LogP contribution in [0.3, 0.4) is 0 Å². The molecule has 68 heavy (non-hydrogen) atoms. The summed E-state index contributed by atoms with van der Waals surface area (Å²) in [4.78, 5) is 38.2. The van der Waals surface area contributed by atoms with Gasteiger partial charge in [0.1, 0.15) is 13.2 Å². The standard InChI is InChI=1S/C62H116O6/c1-4-7-10-13-16-19-22-25-28-30-32-34-37-40-43-46-49-52-55-61(64)67-58-59(57-66-60(63)54-51-48-45-42-39-36-33-27-24-21-18-15-12-9-6-3)68-62(65)56-53-50-47-44-41-38-35-31-29-26-23-20-17-14-11-8-5-2/h26,29,32,34,59H,4-25,27-28,30-31,33,35-58H2,1-3H3/b29-26-,34-32-. The predicted molar refractivity (Wildman–Crippen MR) is 293 cm³/mol. The fourth-order valence-corrected chi connectivity index (χ4v) is 9.08. The lowest BCUT2D eigenvalue weighted by Gasteiger charge is -2.18. The first-order chi connectivity index (χ1) is 33.5. The van der Waals surface area contributed by atoms with E-state index in [-0.39, 0.29) is 31.1 Å². The fraction of sp³-hybridized carbons (Fsp3) is 0.887. The molecule has 0 rings (SSSR count). The summed E-state index contributed by atoms with van der Waals surface area (Å²) in [5, 5.41) is 0. The molecule has 0 fully saturated rings. The summed E-state index contributed by atoms with van der Waals surface area (Å²) in [5.41, 5.74) is 0. The molecule has 0 aliphatic rings. The van der Waals surface area contributed by atoms with E-state index in [1.54, 1.807) is 0 Å². The Balaban J connectivity index is 4.34. The number of allylic oxidation sites excluding steroid dienone is 4. The third-order valence-corrected chi connectivity index (χ3v) is 13.7. The lowest BCUT2D eigenvalue weighted by atomic mass is 10.0. The first-order valence-corrected chi connectivity index (χ1v) is 30.3. The monoisotopic (exact) mass is 957 g/mol. The van der Waals surface area contributed by atoms with E-state index >= 15 is 0 Å². The second kappa shape index (κ2) is 57.5. The lowest BCUT2D eigenvalue weighted by Crippen LogP contribution is -2.30. The van der Waals surface area contributed by atoms with Gasteiger partial charge in [-0.25, -0.2) is 0 Å². The fourth-order valence-electron chi connectivity index (χ4n) is 9.08. The zero-order valence-electron chi connectivity index (χ0n) is 45.9. The van der Waals surface area contributed by atoms with Crippen molar-refractivity contribution in [3.05, 3.63) is 24.3 Å². The van der Waals surface area contributed by atoms with Crippen LogP contribution in [0, 0.1) is 0 Å². The Morgan fingerprint density at radius 3 is 0.735 bits per heavy atom. The molecule has 0 heterocycles. The Morgan fingerprint density at radius 2 is 0.485 bits per heavy atom. The molecule has 400 valence electrons. The van der Waals surface area contributed by atoms with Crippen LogP contribution in [0.1, 0.15) is 335 Å². The maximum absolute atomic E-state index is 12.9. The highest BCUT2D eigenvalue weighted by Gasteiger charge is 2.19. The molecule has 0 aliphatic carbocycles. The van der Waals surface area contributed by atoms with Crippen LogP contribution < -0.4 is 0 Å². The van der Waals surface area contributed by atoms with E-state index in [1.165, 1.54) is 231 Å². The molecule has 0 aromatic rings. The van der Waals surface area contributed by atoms with E-state index in [1.807, 2.05) is 0 Å². The van der Waals surface area contributed by atoms with E-state index in [9.17, 15) is 14.4 Å². The Bertz CT molecular complexity index is 1100. The largest absolute Gasteiger partial charge is 0.462 e. The molecule has 1 unspecified atom stereocenters. The first-order valence-electron chi connectivity index (χ1n) is 30.3. The Labute approximate surface area is 423 Å². The molecule has 0 spiro atoms. The van der Waals surface area contributed by atoms with Crippen molar-refractivity contribution >= 4 is 17.9 Å². The third-order valence-electron chi connectivity index (χ3n) is 13.7. The average Bonchev–Trinajstić information content (AvgIpc) is 3.34. The molecule has 0 radical (unpaired) electrons. The number of carbonyl (C=O) groups excluding carboxylic acids is 3. The molecule has 0 bridgehead atoms. The third kappa shape index (κ3) is 54.8. The molecule has 6 nitrogen and oxygen atoms in total. The van der Waals surface area contributed by atoms with Crippen LogP contribution in [0.4, 0.5) is 0 Å². The number of unbranched alkanes of at least 4 members (excludes halogenated alkanes) is 41. The van der Waals surface area contributed by atoms with Crippen molar-refractivity contribution in [2.75, 3.05) is 13.2 Å². The first kappa shape index (κ1) is 65.9. The van der Waals surface area contributed by atoms with Crippen LogP contribution in [0.5, 0.6) is 0 Å². The molecule has 0 aromatic carbocycles. The highest BCUT2D eigenvalue weighted by Crippen LogP contribution is 2.17. The minimum Gasteiger partial charge on any atom is -0.462 e. The smallest absolute Gasteiger partial charge is 0.306 e. The van der Waals surface area contributed by atoms with Gasteiger partial charge in [0.15, 0.2) is 6.10 Å². The summed E-state index contributed by atoms with van der Waals surface area (Å²) in [6.07, 6.45) is 67.4. The van der Waals surface area contributed by atoms with Gasteiger partial charge in [0.05, 0.1) is 0 Å². The molecule has 0 aliphatic heterocycles. The van der Waals surface area contributed by atoms with Crippen molar-refractivity contribution < 1.29 is 28.6 Å². The van der Waals surface area contributed by atoms with E-state index in [4.69, 9.17) is 14.2 Å². The molecule has 1 atom stereocenters. The van der Waals surface area contributed by atoms with Gasteiger partial charge in [-0.05, 0) is 70.6 Å². The van der Waals surface area contributed by atoms with Gasteiger partial charge in [-0.2, -0.15) is 0 Å². The summed E-state index contributed by atoms with van der Waals surface area (Å²) < 4.78 is 16.9. The number of ether oxygens (including phenoxy) is 3. The van der Waals surface area contributed by atoms with Gasteiger partial charge in [0.25, 0.3) is 0 Å².